The summed E-state index contributed by atoms with van der Waals surface area (Å²) in [6.45, 7) is 0.0768. The largest absolute Gasteiger partial charge is 0.395 e. The minimum Gasteiger partial charge on any atom is -0.395 e. The van der Waals surface area contributed by atoms with Crippen LogP contribution in [0.2, 0.25) is 0 Å². The van der Waals surface area contributed by atoms with E-state index in [1.165, 1.54) is 30.6 Å². The Labute approximate surface area is 118 Å². The molecule has 0 spiro atoms. The van der Waals surface area contributed by atoms with Gasteiger partial charge in [-0.15, -0.1) is 11.3 Å². The molecule has 0 aromatic carbocycles. The molecule has 1 aromatic rings. The van der Waals surface area contributed by atoms with Gasteiger partial charge < -0.3 is 10.4 Å². The Morgan fingerprint density at radius 1 is 1.37 bits per heavy atom. The highest BCUT2D eigenvalue weighted by Crippen LogP contribution is 2.20. The first kappa shape index (κ1) is 14.1. The van der Waals surface area contributed by atoms with Crippen LogP contribution < -0.4 is 5.32 Å². The molecule has 0 saturated heterocycles. The van der Waals surface area contributed by atoms with E-state index in [0.29, 0.717) is 12.5 Å². The lowest BCUT2D eigenvalue weighted by molar-refractivity contribution is 0.0932. The molecule has 19 heavy (non-hydrogen) atoms. The van der Waals surface area contributed by atoms with Gasteiger partial charge in [-0.1, -0.05) is 31.1 Å². The fourth-order valence-electron chi connectivity index (χ4n) is 2.24. The summed E-state index contributed by atoms with van der Waals surface area (Å²) in [7, 11) is 0. The van der Waals surface area contributed by atoms with Gasteiger partial charge in [-0.3, -0.25) is 4.79 Å². The van der Waals surface area contributed by atoms with E-state index in [4.69, 9.17) is 5.11 Å². The highest BCUT2D eigenvalue weighted by atomic mass is 32.1. The van der Waals surface area contributed by atoms with Gasteiger partial charge in [0, 0.05) is 12.5 Å². The van der Waals surface area contributed by atoms with Crippen molar-refractivity contribution >= 4 is 17.2 Å². The first-order chi connectivity index (χ1) is 9.29. The van der Waals surface area contributed by atoms with Crippen LogP contribution in [0.15, 0.2) is 12.1 Å². The average Bonchev–Trinajstić information content (AvgIpc) is 2.89. The van der Waals surface area contributed by atoms with Crippen molar-refractivity contribution in [2.75, 3.05) is 6.61 Å². The smallest absolute Gasteiger partial charge is 0.261 e. The van der Waals surface area contributed by atoms with Gasteiger partial charge in [-0.2, -0.15) is 0 Å². The average molecular weight is 277 g/mol. The van der Waals surface area contributed by atoms with Crippen molar-refractivity contribution in [2.45, 2.75) is 44.6 Å². The number of aliphatic hydroxyl groups is 1. The molecule has 1 saturated carbocycles. The quantitative estimate of drug-likeness (QED) is 0.834. The van der Waals surface area contributed by atoms with Gasteiger partial charge in [0.2, 0.25) is 0 Å². The molecule has 1 aliphatic carbocycles. The third kappa shape index (κ3) is 4.38. The number of nitrogens with one attached hydrogen (secondary N) is 1. The number of carbonyl (C=O) groups excluding carboxylic acids is 1. The molecular formula is C15H19NO2S. The topological polar surface area (TPSA) is 49.3 Å². The minimum atomic E-state index is 0.0205. The summed E-state index contributed by atoms with van der Waals surface area (Å²) in [5.74, 6) is 5.84. The molecular weight excluding hydrogens is 258 g/mol. The van der Waals surface area contributed by atoms with Crippen molar-refractivity contribution in [3.05, 3.63) is 21.9 Å². The SMILES string of the molecule is O=C(NC1CCCCC1)c1ccc(C#CCCO)s1. The molecule has 2 N–H and O–H groups in total. The molecule has 1 amide bonds. The number of aliphatic hydroxyl groups excluding tert-OH is 1. The third-order valence-corrected chi connectivity index (χ3v) is 4.22. The summed E-state index contributed by atoms with van der Waals surface area (Å²) in [4.78, 5) is 13.7. The van der Waals surface area contributed by atoms with Crippen molar-refractivity contribution < 1.29 is 9.90 Å². The van der Waals surface area contributed by atoms with Crippen LogP contribution in [0, 0.1) is 11.8 Å². The molecule has 3 nitrogen and oxygen atoms in total. The van der Waals surface area contributed by atoms with Crippen molar-refractivity contribution in [3.63, 3.8) is 0 Å². The van der Waals surface area contributed by atoms with E-state index < -0.39 is 0 Å². The number of amides is 1. The van der Waals surface area contributed by atoms with Crippen molar-refractivity contribution in [3.8, 4) is 11.8 Å². The van der Waals surface area contributed by atoms with Crippen LogP contribution in [0.3, 0.4) is 0 Å². The maximum Gasteiger partial charge on any atom is 0.261 e. The van der Waals surface area contributed by atoms with Gasteiger partial charge in [0.1, 0.15) is 0 Å². The van der Waals surface area contributed by atoms with Gasteiger partial charge in [-0.25, -0.2) is 0 Å². The molecule has 1 heterocycles. The third-order valence-electron chi connectivity index (χ3n) is 3.22. The second kappa shape index (κ2) is 7.32. The minimum absolute atomic E-state index is 0.0205. The van der Waals surface area contributed by atoms with Crippen LogP contribution >= 0.6 is 11.3 Å². The Morgan fingerprint density at radius 3 is 2.89 bits per heavy atom. The van der Waals surface area contributed by atoms with Crippen LogP contribution in [0.4, 0.5) is 0 Å². The van der Waals surface area contributed by atoms with Gasteiger partial charge in [-0.05, 0) is 25.0 Å². The summed E-state index contributed by atoms with van der Waals surface area (Å²) in [6.07, 6.45) is 6.39. The summed E-state index contributed by atoms with van der Waals surface area (Å²) >= 11 is 1.41. The number of thiophene rings is 1. The van der Waals surface area contributed by atoms with Gasteiger partial charge in [0.15, 0.2) is 0 Å². The molecule has 1 aliphatic rings. The van der Waals surface area contributed by atoms with Gasteiger partial charge in [0.25, 0.3) is 5.91 Å². The van der Waals surface area contributed by atoms with E-state index in [-0.39, 0.29) is 12.5 Å². The lowest BCUT2D eigenvalue weighted by Crippen LogP contribution is -2.35. The predicted molar refractivity (Wildman–Crippen MR) is 77.2 cm³/mol. The Hall–Kier alpha value is -1.31. The second-order valence-corrected chi connectivity index (χ2v) is 5.83. The van der Waals surface area contributed by atoms with E-state index >= 15 is 0 Å². The Bertz CT molecular complexity index is 478. The maximum absolute atomic E-state index is 12.1. The fraction of sp³-hybridized carbons (Fsp3) is 0.533. The van der Waals surface area contributed by atoms with Crippen LogP contribution in [0.1, 0.15) is 53.1 Å². The molecule has 0 bridgehead atoms. The highest BCUT2D eigenvalue weighted by molar-refractivity contribution is 7.14. The first-order valence-electron chi connectivity index (χ1n) is 6.80. The summed E-state index contributed by atoms with van der Waals surface area (Å²) in [6, 6.07) is 4.03. The molecule has 0 aliphatic heterocycles. The highest BCUT2D eigenvalue weighted by Gasteiger charge is 2.17. The molecule has 0 atom stereocenters. The molecule has 0 unspecified atom stereocenters. The Morgan fingerprint density at radius 2 is 2.16 bits per heavy atom. The maximum atomic E-state index is 12.1. The number of carbonyl (C=O) groups is 1. The second-order valence-electron chi connectivity index (χ2n) is 4.75. The van der Waals surface area contributed by atoms with Crippen molar-refractivity contribution in [2.24, 2.45) is 0 Å². The van der Waals surface area contributed by atoms with Crippen molar-refractivity contribution in [1.82, 2.24) is 5.32 Å². The lowest BCUT2D eigenvalue weighted by atomic mass is 9.95. The lowest BCUT2D eigenvalue weighted by Gasteiger charge is -2.22. The van der Waals surface area contributed by atoms with E-state index in [0.717, 1.165) is 22.6 Å². The molecule has 102 valence electrons. The fourth-order valence-corrected chi connectivity index (χ4v) is 3.02. The van der Waals surface area contributed by atoms with Crippen LogP contribution in [-0.2, 0) is 0 Å². The monoisotopic (exact) mass is 277 g/mol. The van der Waals surface area contributed by atoms with E-state index in [2.05, 4.69) is 17.2 Å². The first-order valence-corrected chi connectivity index (χ1v) is 7.61. The normalized spacial score (nSPS) is 15.6. The Kier molecular flexibility index (Phi) is 5.44. The molecule has 2 rings (SSSR count). The van der Waals surface area contributed by atoms with Crippen LogP contribution in [-0.4, -0.2) is 23.7 Å². The van der Waals surface area contributed by atoms with Crippen LogP contribution in [0.5, 0.6) is 0 Å². The van der Waals surface area contributed by atoms with E-state index in [9.17, 15) is 4.79 Å². The number of hydrogen-bond donors (Lipinski definition) is 2. The van der Waals surface area contributed by atoms with E-state index in [1.54, 1.807) is 0 Å². The molecule has 4 heteroatoms. The molecule has 0 radical (unpaired) electrons. The molecule has 1 fully saturated rings. The summed E-state index contributed by atoms with van der Waals surface area (Å²) in [5.41, 5.74) is 0. The number of rotatable bonds is 3. The standard InChI is InChI=1S/C15H19NO2S/c17-11-5-4-8-13-9-10-14(19-13)15(18)16-12-6-2-1-3-7-12/h9-10,12,17H,1-3,5-7,11H2,(H,16,18). The van der Waals surface area contributed by atoms with E-state index in [1.807, 2.05) is 12.1 Å². The summed E-state index contributed by atoms with van der Waals surface area (Å²) in [5, 5.41) is 11.8. The van der Waals surface area contributed by atoms with Gasteiger partial charge in [0.05, 0.1) is 16.4 Å². The Balaban J connectivity index is 1.90. The van der Waals surface area contributed by atoms with Crippen LogP contribution in [0.25, 0.3) is 0 Å². The molecule has 1 aromatic heterocycles. The summed E-state index contributed by atoms with van der Waals surface area (Å²) < 4.78 is 0. The zero-order valence-electron chi connectivity index (χ0n) is 10.9. The van der Waals surface area contributed by atoms with Gasteiger partial charge >= 0.3 is 0 Å². The van der Waals surface area contributed by atoms with Crippen molar-refractivity contribution in [1.29, 1.82) is 0 Å². The number of hydrogen-bond acceptors (Lipinski definition) is 3. The zero-order valence-corrected chi connectivity index (χ0v) is 11.8. The zero-order chi connectivity index (χ0) is 13.5. The predicted octanol–water partition coefficient (Wildman–Crippen LogP) is 2.54.